The standard InChI is InChI=1S/C13H14N2O3/c1-8(2)17-12(16)10-5-3-4-9(6-10)11-7-15-13(14)18-11/h3-8H,1-2H3,(H2,14,15). The lowest BCUT2D eigenvalue weighted by Gasteiger charge is -2.08. The quantitative estimate of drug-likeness (QED) is 0.842. The molecule has 0 radical (unpaired) electrons. The van der Waals surface area contributed by atoms with Gasteiger partial charge in [-0.3, -0.25) is 0 Å². The Balaban J connectivity index is 2.28. The van der Waals surface area contributed by atoms with Crippen molar-refractivity contribution in [1.29, 1.82) is 0 Å². The van der Waals surface area contributed by atoms with Gasteiger partial charge in [0.25, 0.3) is 6.01 Å². The van der Waals surface area contributed by atoms with Crippen LogP contribution in [0.5, 0.6) is 0 Å². The second kappa shape index (κ2) is 4.91. The number of anilines is 1. The number of ether oxygens (including phenoxy) is 1. The van der Waals surface area contributed by atoms with E-state index in [-0.39, 0.29) is 18.1 Å². The molecule has 18 heavy (non-hydrogen) atoms. The van der Waals surface area contributed by atoms with E-state index in [9.17, 15) is 4.79 Å². The molecule has 0 amide bonds. The first-order chi connectivity index (χ1) is 8.56. The molecule has 0 fully saturated rings. The third kappa shape index (κ3) is 2.68. The highest BCUT2D eigenvalue weighted by atomic mass is 16.5. The Morgan fingerprint density at radius 3 is 2.83 bits per heavy atom. The second-order valence-electron chi connectivity index (χ2n) is 4.10. The van der Waals surface area contributed by atoms with Gasteiger partial charge in [0.15, 0.2) is 5.76 Å². The van der Waals surface area contributed by atoms with Crippen molar-refractivity contribution in [2.75, 3.05) is 5.73 Å². The van der Waals surface area contributed by atoms with E-state index in [1.807, 2.05) is 6.07 Å². The van der Waals surface area contributed by atoms with E-state index in [0.29, 0.717) is 11.3 Å². The van der Waals surface area contributed by atoms with Gasteiger partial charge < -0.3 is 14.9 Å². The van der Waals surface area contributed by atoms with Crippen molar-refractivity contribution in [3.05, 3.63) is 36.0 Å². The number of nitrogen functional groups attached to an aromatic ring is 1. The number of nitrogens with zero attached hydrogens (tertiary/aromatic N) is 1. The van der Waals surface area contributed by atoms with Crippen molar-refractivity contribution >= 4 is 12.0 Å². The zero-order valence-electron chi connectivity index (χ0n) is 10.2. The molecule has 0 atom stereocenters. The number of carbonyl (C=O) groups excluding carboxylic acids is 1. The molecule has 0 aliphatic rings. The summed E-state index contributed by atoms with van der Waals surface area (Å²) in [6.45, 7) is 3.61. The molecule has 5 nitrogen and oxygen atoms in total. The van der Waals surface area contributed by atoms with Crippen molar-refractivity contribution < 1.29 is 13.9 Å². The highest BCUT2D eigenvalue weighted by Crippen LogP contribution is 2.22. The largest absolute Gasteiger partial charge is 0.459 e. The molecule has 2 N–H and O–H groups in total. The van der Waals surface area contributed by atoms with Crippen LogP contribution in [0.2, 0.25) is 0 Å². The van der Waals surface area contributed by atoms with Gasteiger partial charge in [0.2, 0.25) is 0 Å². The van der Waals surface area contributed by atoms with Crippen molar-refractivity contribution in [2.24, 2.45) is 0 Å². The van der Waals surface area contributed by atoms with Crippen LogP contribution < -0.4 is 5.73 Å². The summed E-state index contributed by atoms with van der Waals surface area (Å²) in [7, 11) is 0. The summed E-state index contributed by atoms with van der Waals surface area (Å²) in [6, 6.07) is 7.04. The first kappa shape index (κ1) is 12.2. The van der Waals surface area contributed by atoms with Crippen molar-refractivity contribution in [3.8, 4) is 11.3 Å². The molecule has 2 aromatic rings. The Bertz CT molecular complexity index is 561. The highest BCUT2D eigenvalue weighted by molar-refractivity contribution is 5.90. The molecule has 2 rings (SSSR count). The maximum Gasteiger partial charge on any atom is 0.338 e. The van der Waals surface area contributed by atoms with E-state index in [2.05, 4.69) is 4.98 Å². The number of hydrogen-bond donors (Lipinski definition) is 1. The zero-order valence-corrected chi connectivity index (χ0v) is 10.2. The summed E-state index contributed by atoms with van der Waals surface area (Å²) in [4.78, 5) is 15.6. The van der Waals surface area contributed by atoms with Crippen LogP contribution in [0.25, 0.3) is 11.3 Å². The first-order valence-electron chi connectivity index (χ1n) is 5.59. The molecule has 1 aromatic heterocycles. The summed E-state index contributed by atoms with van der Waals surface area (Å²) < 4.78 is 10.3. The molecule has 94 valence electrons. The molecule has 0 bridgehead atoms. The van der Waals surface area contributed by atoms with Gasteiger partial charge in [0.05, 0.1) is 17.9 Å². The molecule has 0 saturated heterocycles. The lowest BCUT2D eigenvalue weighted by atomic mass is 10.1. The maximum absolute atomic E-state index is 11.8. The molecule has 0 unspecified atom stereocenters. The van der Waals surface area contributed by atoms with E-state index in [4.69, 9.17) is 14.9 Å². The van der Waals surface area contributed by atoms with Crippen LogP contribution in [0.15, 0.2) is 34.9 Å². The number of rotatable bonds is 3. The van der Waals surface area contributed by atoms with Crippen LogP contribution in [0.3, 0.4) is 0 Å². The lowest BCUT2D eigenvalue weighted by molar-refractivity contribution is 0.0378. The molecule has 0 aliphatic carbocycles. The third-order valence-electron chi connectivity index (χ3n) is 2.25. The fourth-order valence-corrected chi connectivity index (χ4v) is 1.50. The van der Waals surface area contributed by atoms with Gasteiger partial charge in [-0.1, -0.05) is 12.1 Å². The number of carbonyl (C=O) groups is 1. The van der Waals surface area contributed by atoms with Gasteiger partial charge in [-0.05, 0) is 26.0 Å². The molecule has 0 saturated carbocycles. The van der Waals surface area contributed by atoms with Crippen LogP contribution in [0.1, 0.15) is 24.2 Å². The van der Waals surface area contributed by atoms with E-state index in [0.717, 1.165) is 5.56 Å². The highest BCUT2D eigenvalue weighted by Gasteiger charge is 2.11. The van der Waals surface area contributed by atoms with Crippen LogP contribution >= 0.6 is 0 Å². The number of hydrogen-bond acceptors (Lipinski definition) is 5. The Labute approximate surface area is 105 Å². The van der Waals surface area contributed by atoms with Crippen LogP contribution in [-0.2, 0) is 4.74 Å². The summed E-state index contributed by atoms with van der Waals surface area (Å²) in [5, 5.41) is 0. The fourth-order valence-electron chi connectivity index (χ4n) is 1.50. The SMILES string of the molecule is CC(C)OC(=O)c1cccc(-c2cnc(N)o2)c1. The average Bonchev–Trinajstić information content (AvgIpc) is 2.75. The normalized spacial score (nSPS) is 10.6. The summed E-state index contributed by atoms with van der Waals surface area (Å²) >= 11 is 0. The Kier molecular flexibility index (Phi) is 3.32. The van der Waals surface area contributed by atoms with Gasteiger partial charge in [0, 0.05) is 5.56 Å². The molecule has 1 aromatic carbocycles. The Hall–Kier alpha value is -2.30. The topological polar surface area (TPSA) is 78.3 Å². The van der Waals surface area contributed by atoms with Crippen molar-refractivity contribution in [2.45, 2.75) is 20.0 Å². The minimum atomic E-state index is -0.362. The third-order valence-corrected chi connectivity index (χ3v) is 2.25. The van der Waals surface area contributed by atoms with Gasteiger partial charge in [-0.25, -0.2) is 9.78 Å². The van der Waals surface area contributed by atoms with Gasteiger partial charge in [-0.15, -0.1) is 0 Å². The number of nitrogens with two attached hydrogens (primary N) is 1. The number of aromatic nitrogens is 1. The second-order valence-corrected chi connectivity index (χ2v) is 4.10. The summed E-state index contributed by atoms with van der Waals surface area (Å²) in [6.07, 6.45) is 1.37. The predicted molar refractivity (Wildman–Crippen MR) is 66.9 cm³/mol. The zero-order chi connectivity index (χ0) is 13.1. The minimum Gasteiger partial charge on any atom is -0.459 e. The van der Waals surface area contributed by atoms with Crippen LogP contribution in [-0.4, -0.2) is 17.1 Å². The summed E-state index contributed by atoms with van der Waals surface area (Å²) in [5.74, 6) is 0.158. The predicted octanol–water partition coefficient (Wildman–Crippen LogP) is 2.49. The molecule has 0 aliphatic heterocycles. The van der Waals surface area contributed by atoms with Crippen molar-refractivity contribution in [3.63, 3.8) is 0 Å². The Morgan fingerprint density at radius 1 is 1.44 bits per heavy atom. The summed E-state index contributed by atoms with van der Waals surface area (Å²) in [5.41, 5.74) is 6.61. The maximum atomic E-state index is 11.8. The van der Waals surface area contributed by atoms with Crippen LogP contribution in [0, 0.1) is 0 Å². The Morgan fingerprint density at radius 2 is 2.22 bits per heavy atom. The number of oxazole rings is 1. The molecule has 1 heterocycles. The van der Waals surface area contributed by atoms with Gasteiger partial charge in [-0.2, -0.15) is 0 Å². The van der Waals surface area contributed by atoms with E-state index < -0.39 is 0 Å². The van der Waals surface area contributed by atoms with Crippen LogP contribution in [0.4, 0.5) is 6.01 Å². The number of benzene rings is 1. The van der Waals surface area contributed by atoms with E-state index in [1.54, 1.807) is 32.0 Å². The van der Waals surface area contributed by atoms with Gasteiger partial charge in [0.1, 0.15) is 0 Å². The molecular formula is C13H14N2O3. The number of esters is 1. The molecular weight excluding hydrogens is 232 g/mol. The minimum absolute atomic E-state index is 0.0974. The van der Waals surface area contributed by atoms with Gasteiger partial charge >= 0.3 is 5.97 Å². The molecule has 5 heteroatoms. The van der Waals surface area contributed by atoms with Crippen molar-refractivity contribution in [1.82, 2.24) is 4.98 Å². The smallest absolute Gasteiger partial charge is 0.338 e. The van der Waals surface area contributed by atoms with E-state index >= 15 is 0 Å². The average molecular weight is 246 g/mol. The molecule has 0 spiro atoms. The fraction of sp³-hybridized carbons (Fsp3) is 0.231. The van der Waals surface area contributed by atoms with E-state index in [1.165, 1.54) is 6.20 Å². The lowest BCUT2D eigenvalue weighted by Crippen LogP contribution is -2.11. The first-order valence-corrected chi connectivity index (χ1v) is 5.59. The monoisotopic (exact) mass is 246 g/mol.